The summed E-state index contributed by atoms with van der Waals surface area (Å²) in [6.45, 7) is 2.01. The molecule has 2 atom stereocenters. The minimum Gasteiger partial charge on any atom is -0.483 e. The van der Waals surface area contributed by atoms with Crippen molar-refractivity contribution >= 4 is 11.6 Å². The van der Waals surface area contributed by atoms with Crippen molar-refractivity contribution in [2.75, 3.05) is 5.88 Å². The van der Waals surface area contributed by atoms with Gasteiger partial charge in [-0.1, -0.05) is 12.1 Å². The largest absolute Gasteiger partial charge is 0.483 e. The third kappa shape index (κ3) is 1.80. The predicted octanol–water partition coefficient (Wildman–Crippen LogP) is 2.84. The molecular weight excluding hydrogens is 200 g/mol. The molecule has 0 fully saturated rings. The fourth-order valence-corrected chi connectivity index (χ4v) is 1.80. The van der Waals surface area contributed by atoms with E-state index < -0.39 is 0 Å². The van der Waals surface area contributed by atoms with E-state index in [1.165, 1.54) is 0 Å². The Morgan fingerprint density at radius 2 is 1.86 bits per heavy atom. The summed E-state index contributed by atoms with van der Waals surface area (Å²) in [5.74, 6) is 2.24. The van der Waals surface area contributed by atoms with Crippen molar-refractivity contribution in [2.45, 2.75) is 25.6 Å². The van der Waals surface area contributed by atoms with Gasteiger partial charge in [0.05, 0.1) is 0 Å². The number of hydrogen-bond donors (Lipinski definition) is 0. The first-order valence-corrected chi connectivity index (χ1v) is 5.33. The van der Waals surface area contributed by atoms with E-state index in [0.717, 1.165) is 17.9 Å². The monoisotopic (exact) mass is 212 g/mol. The number of hydrogen-bond acceptors (Lipinski definition) is 2. The van der Waals surface area contributed by atoms with Gasteiger partial charge in [0.2, 0.25) is 0 Å². The van der Waals surface area contributed by atoms with Crippen LogP contribution in [0.2, 0.25) is 0 Å². The Bertz CT molecular complexity index is 314. The summed E-state index contributed by atoms with van der Waals surface area (Å²) in [5.41, 5.74) is 0. The van der Waals surface area contributed by atoms with Crippen molar-refractivity contribution in [3.05, 3.63) is 24.3 Å². The molecule has 2 rings (SSSR count). The summed E-state index contributed by atoms with van der Waals surface area (Å²) in [5, 5.41) is 0. The topological polar surface area (TPSA) is 18.5 Å². The van der Waals surface area contributed by atoms with E-state index in [1.807, 2.05) is 31.2 Å². The van der Waals surface area contributed by atoms with Gasteiger partial charge >= 0.3 is 0 Å². The summed E-state index contributed by atoms with van der Waals surface area (Å²) >= 11 is 5.69. The van der Waals surface area contributed by atoms with Crippen LogP contribution < -0.4 is 9.47 Å². The molecule has 0 bridgehead atoms. The summed E-state index contributed by atoms with van der Waals surface area (Å²) in [6, 6.07) is 7.72. The Kier molecular flexibility index (Phi) is 2.82. The molecule has 0 saturated heterocycles. The van der Waals surface area contributed by atoms with Crippen LogP contribution in [0.25, 0.3) is 0 Å². The normalized spacial score (nSPS) is 24.7. The number of benzene rings is 1. The summed E-state index contributed by atoms with van der Waals surface area (Å²) in [6.07, 6.45) is 0.961. The first kappa shape index (κ1) is 9.66. The van der Waals surface area contributed by atoms with Gasteiger partial charge in [-0.2, -0.15) is 0 Å². The minimum absolute atomic E-state index is 0.0717. The van der Waals surface area contributed by atoms with Crippen molar-refractivity contribution < 1.29 is 9.47 Å². The third-order valence-electron chi connectivity index (χ3n) is 2.36. The Morgan fingerprint density at radius 1 is 1.21 bits per heavy atom. The number of fused-ring (bicyclic) bond motifs is 1. The van der Waals surface area contributed by atoms with Gasteiger partial charge in [0, 0.05) is 12.3 Å². The quantitative estimate of drug-likeness (QED) is 0.702. The van der Waals surface area contributed by atoms with Gasteiger partial charge in [-0.25, -0.2) is 0 Å². The van der Waals surface area contributed by atoms with E-state index in [-0.39, 0.29) is 12.2 Å². The molecule has 76 valence electrons. The number of alkyl halides is 1. The Morgan fingerprint density at radius 3 is 2.50 bits per heavy atom. The lowest BCUT2D eigenvalue weighted by Crippen LogP contribution is -2.37. The van der Waals surface area contributed by atoms with Crippen LogP contribution in [0.4, 0.5) is 0 Å². The second kappa shape index (κ2) is 4.09. The molecule has 14 heavy (non-hydrogen) atoms. The fraction of sp³-hybridized carbons (Fsp3) is 0.455. The molecule has 0 radical (unpaired) electrons. The lowest BCUT2D eigenvalue weighted by atomic mass is 10.1. The molecule has 3 heteroatoms. The second-order valence-corrected chi connectivity index (χ2v) is 3.78. The van der Waals surface area contributed by atoms with Gasteiger partial charge in [0.15, 0.2) is 11.5 Å². The molecule has 1 aromatic carbocycles. The highest BCUT2D eigenvalue weighted by Crippen LogP contribution is 2.34. The number of ether oxygens (including phenoxy) is 2. The maximum absolute atomic E-state index is 5.78. The molecule has 2 unspecified atom stereocenters. The summed E-state index contributed by atoms with van der Waals surface area (Å²) in [4.78, 5) is 0. The molecular formula is C11H13ClO2. The van der Waals surface area contributed by atoms with Gasteiger partial charge < -0.3 is 9.47 Å². The predicted molar refractivity (Wildman–Crippen MR) is 56.3 cm³/mol. The first-order chi connectivity index (χ1) is 6.81. The Balaban J connectivity index is 2.18. The average molecular weight is 213 g/mol. The van der Waals surface area contributed by atoms with Crippen molar-refractivity contribution in [3.63, 3.8) is 0 Å². The molecule has 0 N–H and O–H groups in total. The van der Waals surface area contributed by atoms with E-state index in [9.17, 15) is 0 Å². The zero-order valence-electron chi connectivity index (χ0n) is 8.07. The second-order valence-electron chi connectivity index (χ2n) is 3.40. The smallest absolute Gasteiger partial charge is 0.161 e. The van der Waals surface area contributed by atoms with Gasteiger partial charge in [0.1, 0.15) is 12.2 Å². The summed E-state index contributed by atoms with van der Waals surface area (Å²) in [7, 11) is 0. The molecule has 0 aliphatic carbocycles. The third-order valence-corrected chi connectivity index (χ3v) is 2.58. The zero-order valence-corrected chi connectivity index (χ0v) is 8.83. The van der Waals surface area contributed by atoms with E-state index >= 15 is 0 Å². The Hall–Kier alpha value is -0.890. The fourth-order valence-electron chi connectivity index (χ4n) is 1.58. The van der Waals surface area contributed by atoms with Crippen LogP contribution in [0, 0.1) is 0 Å². The SMILES string of the molecule is CC1Oc2ccccc2OC1CCCl. The molecule has 0 aromatic heterocycles. The van der Waals surface area contributed by atoms with Gasteiger partial charge in [-0.05, 0) is 19.1 Å². The van der Waals surface area contributed by atoms with E-state index in [0.29, 0.717) is 5.88 Å². The van der Waals surface area contributed by atoms with Crippen LogP contribution in [0.3, 0.4) is 0 Å². The van der Waals surface area contributed by atoms with E-state index in [4.69, 9.17) is 21.1 Å². The lowest BCUT2D eigenvalue weighted by Gasteiger charge is -2.31. The number of halogens is 1. The highest BCUT2D eigenvalue weighted by Gasteiger charge is 2.26. The van der Waals surface area contributed by atoms with Crippen LogP contribution in [0.1, 0.15) is 13.3 Å². The molecule has 0 saturated carbocycles. The van der Waals surface area contributed by atoms with Gasteiger partial charge in [-0.3, -0.25) is 0 Å². The van der Waals surface area contributed by atoms with Crippen molar-refractivity contribution in [1.82, 2.24) is 0 Å². The molecule has 1 aliphatic heterocycles. The molecule has 0 amide bonds. The van der Waals surface area contributed by atoms with Crippen molar-refractivity contribution in [2.24, 2.45) is 0 Å². The van der Waals surface area contributed by atoms with E-state index in [1.54, 1.807) is 0 Å². The van der Waals surface area contributed by atoms with Crippen LogP contribution in [0.15, 0.2) is 24.3 Å². The number of para-hydroxylation sites is 2. The van der Waals surface area contributed by atoms with Gasteiger partial charge in [-0.15, -0.1) is 11.6 Å². The van der Waals surface area contributed by atoms with Crippen LogP contribution in [-0.2, 0) is 0 Å². The van der Waals surface area contributed by atoms with Crippen LogP contribution in [-0.4, -0.2) is 18.1 Å². The molecule has 1 heterocycles. The summed E-state index contributed by atoms with van der Waals surface area (Å²) < 4.78 is 11.5. The highest BCUT2D eigenvalue weighted by molar-refractivity contribution is 6.17. The van der Waals surface area contributed by atoms with Crippen LogP contribution in [0.5, 0.6) is 11.5 Å². The highest BCUT2D eigenvalue weighted by atomic mass is 35.5. The molecule has 1 aromatic rings. The van der Waals surface area contributed by atoms with Crippen molar-refractivity contribution in [3.8, 4) is 11.5 Å². The minimum atomic E-state index is 0.0717. The molecule has 1 aliphatic rings. The number of rotatable bonds is 2. The van der Waals surface area contributed by atoms with E-state index in [2.05, 4.69) is 0 Å². The maximum Gasteiger partial charge on any atom is 0.161 e. The average Bonchev–Trinajstić information content (AvgIpc) is 2.19. The van der Waals surface area contributed by atoms with Crippen molar-refractivity contribution in [1.29, 1.82) is 0 Å². The van der Waals surface area contributed by atoms with Gasteiger partial charge in [0.25, 0.3) is 0 Å². The zero-order chi connectivity index (χ0) is 9.97. The molecule has 2 nitrogen and oxygen atoms in total. The first-order valence-electron chi connectivity index (χ1n) is 4.79. The van der Waals surface area contributed by atoms with Crippen LogP contribution >= 0.6 is 11.6 Å². The lowest BCUT2D eigenvalue weighted by molar-refractivity contribution is 0.0301. The maximum atomic E-state index is 5.78. The standard InChI is InChI=1S/C11H13ClO2/c1-8-9(6-7-12)14-11-5-3-2-4-10(11)13-8/h2-5,8-9H,6-7H2,1H3. The Labute approximate surface area is 88.8 Å². The molecule has 0 spiro atoms.